The third kappa shape index (κ3) is 3.44. The van der Waals surface area contributed by atoms with Crippen molar-refractivity contribution in [2.45, 2.75) is 43.6 Å². The summed E-state index contributed by atoms with van der Waals surface area (Å²) in [7, 11) is 0. The maximum atomic E-state index is 16.2. The molecule has 0 unspecified atom stereocenters. The van der Waals surface area contributed by atoms with E-state index in [4.69, 9.17) is 9.47 Å². The van der Waals surface area contributed by atoms with Gasteiger partial charge in [-0.2, -0.15) is 5.10 Å². The van der Waals surface area contributed by atoms with Crippen molar-refractivity contribution in [3.63, 3.8) is 0 Å². The van der Waals surface area contributed by atoms with Gasteiger partial charge in [-0.05, 0) is 62.1 Å². The van der Waals surface area contributed by atoms with Crippen LogP contribution in [0, 0.1) is 11.6 Å². The van der Waals surface area contributed by atoms with Gasteiger partial charge in [0.2, 0.25) is 0 Å². The lowest BCUT2D eigenvalue weighted by molar-refractivity contribution is -0.157. The number of H-pyrrole nitrogens is 1. The second-order valence-corrected chi connectivity index (χ2v) is 9.66. The molecule has 35 heavy (non-hydrogen) atoms. The topological polar surface area (TPSA) is 89.4 Å². The Morgan fingerprint density at radius 1 is 1.20 bits per heavy atom. The van der Waals surface area contributed by atoms with Crippen LogP contribution < -0.4 is 0 Å². The summed E-state index contributed by atoms with van der Waals surface area (Å²) in [4.78, 5) is 11.9. The first-order chi connectivity index (χ1) is 16.9. The first-order valence-corrected chi connectivity index (χ1v) is 11.8. The second-order valence-electron chi connectivity index (χ2n) is 9.66. The third-order valence-corrected chi connectivity index (χ3v) is 7.48. The smallest absolute Gasteiger partial charge is 0.335 e. The molecule has 9 heteroatoms. The number of carbonyl (C=O) groups is 1. The minimum Gasteiger partial charge on any atom is -0.479 e. The zero-order valence-corrected chi connectivity index (χ0v) is 19.2. The van der Waals surface area contributed by atoms with Gasteiger partial charge in [-0.25, -0.2) is 13.6 Å². The van der Waals surface area contributed by atoms with Gasteiger partial charge in [-0.1, -0.05) is 0 Å². The van der Waals surface area contributed by atoms with Gasteiger partial charge >= 0.3 is 5.97 Å². The van der Waals surface area contributed by atoms with Gasteiger partial charge in [0.05, 0.1) is 18.3 Å². The Hall–Kier alpha value is -3.30. The SMILES string of the molecule is C[C@]1(C(=O)O)C[C@H](c2c(C3CCOCC3)n(-c3ccc(F)cc3)c3cc4cn[nH]c4c(F)c23)CO1. The molecular weight excluding hydrogens is 456 g/mol. The lowest BCUT2D eigenvalue weighted by Crippen LogP contribution is -2.34. The van der Waals surface area contributed by atoms with E-state index in [1.807, 2.05) is 10.6 Å². The van der Waals surface area contributed by atoms with Gasteiger partial charge in [0.1, 0.15) is 11.3 Å². The molecule has 2 fully saturated rings. The van der Waals surface area contributed by atoms with Crippen LogP contribution in [0.1, 0.15) is 49.3 Å². The largest absolute Gasteiger partial charge is 0.479 e. The number of hydrogen-bond acceptors (Lipinski definition) is 4. The molecule has 4 aromatic rings. The number of carboxylic acids is 1. The summed E-state index contributed by atoms with van der Waals surface area (Å²) >= 11 is 0. The Balaban J connectivity index is 1.69. The first-order valence-electron chi connectivity index (χ1n) is 11.8. The number of fused-ring (bicyclic) bond motifs is 2. The van der Waals surface area contributed by atoms with Crippen molar-refractivity contribution in [2.75, 3.05) is 19.8 Å². The van der Waals surface area contributed by atoms with Crippen molar-refractivity contribution in [2.24, 2.45) is 0 Å². The van der Waals surface area contributed by atoms with Gasteiger partial charge in [-0.15, -0.1) is 0 Å². The highest BCUT2D eigenvalue weighted by Crippen LogP contribution is 2.48. The van der Waals surface area contributed by atoms with E-state index < -0.39 is 17.4 Å². The summed E-state index contributed by atoms with van der Waals surface area (Å²) in [6.45, 7) is 2.89. The molecule has 2 atom stereocenters. The van der Waals surface area contributed by atoms with Crippen LogP contribution in [0.3, 0.4) is 0 Å². The molecule has 0 bridgehead atoms. The highest BCUT2D eigenvalue weighted by Gasteiger charge is 2.46. The summed E-state index contributed by atoms with van der Waals surface area (Å²) < 4.78 is 43.4. The fourth-order valence-corrected chi connectivity index (χ4v) is 5.71. The molecule has 6 rings (SSSR count). The van der Waals surface area contributed by atoms with Crippen LogP contribution in [-0.4, -0.2) is 51.3 Å². The van der Waals surface area contributed by atoms with Crippen LogP contribution in [0.2, 0.25) is 0 Å². The van der Waals surface area contributed by atoms with E-state index in [1.165, 1.54) is 12.1 Å². The van der Waals surface area contributed by atoms with Crippen LogP contribution in [0.25, 0.3) is 27.5 Å². The predicted molar refractivity (Wildman–Crippen MR) is 125 cm³/mol. The number of nitrogens with one attached hydrogen (secondary N) is 1. The summed E-state index contributed by atoms with van der Waals surface area (Å²) in [5.41, 5.74) is 1.98. The minimum absolute atomic E-state index is 0.0590. The van der Waals surface area contributed by atoms with E-state index in [9.17, 15) is 14.3 Å². The van der Waals surface area contributed by atoms with Crippen LogP contribution >= 0.6 is 0 Å². The Kier molecular flexibility index (Phi) is 5.16. The zero-order valence-electron chi connectivity index (χ0n) is 19.2. The number of halogens is 2. The number of rotatable bonds is 4. The normalized spacial score (nSPS) is 23.5. The van der Waals surface area contributed by atoms with E-state index in [0.29, 0.717) is 40.7 Å². The molecule has 0 aliphatic carbocycles. The van der Waals surface area contributed by atoms with Gasteiger partial charge in [-0.3, -0.25) is 5.10 Å². The number of ether oxygens (including phenoxy) is 2. The number of aromatic amines is 1. The quantitative estimate of drug-likeness (QED) is 0.427. The summed E-state index contributed by atoms with van der Waals surface area (Å²) in [6.07, 6.45) is 3.29. The van der Waals surface area contributed by atoms with E-state index in [1.54, 1.807) is 25.3 Å². The molecule has 2 N–H and O–H groups in total. The molecule has 4 heterocycles. The first kappa shape index (κ1) is 22.2. The highest BCUT2D eigenvalue weighted by atomic mass is 19.1. The van der Waals surface area contributed by atoms with Crippen molar-refractivity contribution >= 4 is 27.8 Å². The van der Waals surface area contributed by atoms with Gasteiger partial charge < -0.3 is 19.1 Å². The molecular formula is C26H25F2N3O4. The maximum Gasteiger partial charge on any atom is 0.335 e. The Morgan fingerprint density at radius 3 is 2.63 bits per heavy atom. The minimum atomic E-state index is -1.35. The molecule has 7 nitrogen and oxygen atoms in total. The molecule has 0 saturated carbocycles. The standard InChI is InChI=1S/C26H25F2N3O4/c1-26(25(32)33)11-16(13-35-26)20-21-19(10-15-12-29-30-23(15)22(21)28)31(18-4-2-17(27)3-5-18)24(20)14-6-8-34-9-7-14/h2-5,10,12,14,16H,6-9,11,13H2,1H3,(H,29,30)(H,32,33)/t16-,26+/m0/s1. The zero-order chi connectivity index (χ0) is 24.3. The molecule has 2 aliphatic rings. The highest BCUT2D eigenvalue weighted by molar-refractivity contribution is 6.00. The average molecular weight is 481 g/mol. The van der Waals surface area contributed by atoms with Crippen LogP contribution in [0.5, 0.6) is 0 Å². The van der Waals surface area contributed by atoms with Gasteiger partial charge in [0.25, 0.3) is 0 Å². The van der Waals surface area contributed by atoms with Crippen molar-refractivity contribution in [3.8, 4) is 5.69 Å². The summed E-state index contributed by atoms with van der Waals surface area (Å²) in [5.74, 6) is -2.09. The number of nitrogens with zero attached hydrogens (tertiary/aromatic N) is 2. The Bertz CT molecular complexity index is 1440. The molecule has 182 valence electrons. The molecule has 0 radical (unpaired) electrons. The summed E-state index contributed by atoms with van der Waals surface area (Å²) in [5, 5.41) is 17.6. The third-order valence-electron chi connectivity index (χ3n) is 7.48. The van der Waals surface area contributed by atoms with Crippen LogP contribution in [-0.2, 0) is 14.3 Å². The lowest BCUT2D eigenvalue weighted by Gasteiger charge is -2.27. The summed E-state index contributed by atoms with van der Waals surface area (Å²) in [6, 6.07) is 8.04. The second kappa shape index (κ2) is 8.13. The number of hydrogen-bond donors (Lipinski definition) is 2. The van der Waals surface area contributed by atoms with Crippen LogP contribution in [0.15, 0.2) is 36.5 Å². The van der Waals surface area contributed by atoms with Crippen molar-refractivity contribution in [1.29, 1.82) is 0 Å². The molecule has 2 aromatic carbocycles. The van der Waals surface area contributed by atoms with E-state index in [2.05, 4.69) is 10.2 Å². The van der Waals surface area contributed by atoms with E-state index >= 15 is 4.39 Å². The Labute approximate surface area is 199 Å². The number of benzene rings is 2. The Morgan fingerprint density at radius 2 is 1.94 bits per heavy atom. The monoisotopic (exact) mass is 481 g/mol. The fourth-order valence-electron chi connectivity index (χ4n) is 5.71. The van der Waals surface area contributed by atoms with Crippen LogP contribution in [0.4, 0.5) is 8.78 Å². The van der Waals surface area contributed by atoms with Gasteiger partial charge in [0.15, 0.2) is 11.4 Å². The molecule has 0 amide bonds. The van der Waals surface area contributed by atoms with E-state index in [-0.39, 0.29) is 30.7 Å². The molecule has 0 spiro atoms. The van der Waals surface area contributed by atoms with Crippen molar-refractivity contribution in [1.82, 2.24) is 14.8 Å². The van der Waals surface area contributed by atoms with E-state index in [0.717, 1.165) is 24.1 Å². The lowest BCUT2D eigenvalue weighted by atomic mass is 9.84. The average Bonchev–Trinajstić information content (AvgIpc) is 3.57. The molecule has 2 saturated heterocycles. The van der Waals surface area contributed by atoms with Crippen molar-refractivity contribution < 1.29 is 28.2 Å². The number of aromatic nitrogens is 3. The molecule has 2 aliphatic heterocycles. The van der Waals surface area contributed by atoms with Crippen molar-refractivity contribution in [3.05, 3.63) is 59.4 Å². The number of aliphatic carboxylic acids is 1. The maximum absolute atomic E-state index is 16.2. The predicted octanol–water partition coefficient (Wildman–Crippen LogP) is 5.03. The number of carboxylic acid groups (broad SMARTS) is 1. The van der Waals surface area contributed by atoms with Gasteiger partial charge in [0, 0.05) is 47.2 Å². The fraction of sp³-hybridized carbons (Fsp3) is 0.385. The molecule has 2 aromatic heterocycles.